The second-order valence-electron chi connectivity index (χ2n) is 6.98. The van der Waals surface area contributed by atoms with Gasteiger partial charge < -0.3 is 9.64 Å². The average molecular weight is 451 g/mol. The zero-order valence-electron chi connectivity index (χ0n) is 16.6. The second kappa shape index (κ2) is 9.07. The van der Waals surface area contributed by atoms with Crippen LogP contribution in [0, 0.1) is 0 Å². The molecule has 0 N–H and O–H groups in total. The maximum absolute atomic E-state index is 12.6. The Balaban J connectivity index is 1.60. The molecular weight excluding hydrogens is 428 g/mol. The van der Waals surface area contributed by atoms with E-state index in [0.717, 1.165) is 4.31 Å². The summed E-state index contributed by atoms with van der Waals surface area (Å²) in [5, 5.41) is 1.80. The van der Waals surface area contributed by atoms with Gasteiger partial charge in [0.05, 0.1) is 9.77 Å². The van der Waals surface area contributed by atoms with Crippen LogP contribution in [0.25, 0.3) is 0 Å². The molecule has 1 fully saturated rings. The normalized spacial score (nSPS) is 16.6. The van der Waals surface area contributed by atoms with Crippen LogP contribution in [-0.2, 0) is 19.6 Å². The van der Waals surface area contributed by atoms with Gasteiger partial charge in [-0.2, -0.15) is 0 Å². The highest BCUT2D eigenvalue weighted by Crippen LogP contribution is 2.23. The van der Waals surface area contributed by atoms with Gasteiger partial charge >= 0.3 is 5.97 Å². The highest BCUT2D eigenvalue weighted by atomic mass is 32.2. The third kappa shape index (κ3) is 4.61. The summed E-state index contributed by atoms with van der Waals surface area (Å²) in [5.41, 5.74) is 0.235. The van der Waals surface area contributed by atoms with E-state index in [9.17, 15) is 22.8 Å². The Morgan fingerprint density at radius 2 is 1.87 bits per heavy atom. The lowest BCUT2D eigenvalue weighted by atomic mass is 10.1. The Kier molecular flexibility index (Phi) is 6.69. The zero-order valence-corrected chi connectivity index (χ0v) is 18.2. The summed E-state index contributed by atoms with van der Waals surface area (Å²) < 4.78 is 30.4. The summed E-state index contributed by atoms with van der Waals surface area (Å²) in [6, 6.07) is 8.21. The molecule has 1 saturated heterocycles. The molecule has 160 valence electrons. The van der Waals surface area contributed by atoms with Crippen LogP contribution in [-0.4, -0.2) is 68.6 Å². The molecule has 10 heteroatoms. The number of hydrogen-bond acceptors (Lipinski definition) is 7. The van der Waals surface area contributed by atoms with Gasteiger partial charge in [-0.15, -0.1) is 11.3 Å². The van der Waals surface area contributed by atoms with Crippen LogP contribution in [0.3, 0.4) is 0 Å². The van der Waals surface area contributed by atoms with E-state index in [0.29, 0.717) is 24.3 Å². The molecule has 2 heterocycles. The van der Waals surface area contributed by atoms with Gasteiger partial charge in [-0.3, -0.25) is 9.59 Å². The highest BCUT2D eigenvalue weighted by molar-refractivity contribution is 7.89. The minimum absolute atomic E-state index is 0.0646. The molecule has 1 amide bonds. The van der Waals surface area contributed by atoms with Crippen molar-refractivity contribution in [1.29, 1.82) is 0 Å². The molecular formula is C20H22N2O6S2. The summed E-state index contributed by atoms with van der Waals surface area (Å²) in [4.78, 5) is 39.5. The maximum atomic E-state index is 12.6. The number of sulfonamides is 1. The zero-order chi connectivity index (χ0) is 21.9. The fourth-order valence-corrected chi connectivity index (χ4v) is 4.72. The van der Waals surface area contributed by atoms with Gasteiger partial charge in [0.2, 0.25) is 10.0 Å². The smallest absolute Gasteiger partial charge is 0.329 e. The number of likely N-dealkylation sites (tertiary alicyclic amines) is 1. The van der Waals surface area contributed by atoms with Crippen molar-refractivity contribution in [3.8, 4) is 0 Å². The van der Waals surface area contributed by atoms with E-state index >= 15 is 0 Å². The van der Waals surface area contributed by atoms with Gasteiger partial charge in [0, 0.05) is 26.2 Å². The van der Waals surface area contributed by atoms with Crippen molar-refractivity contribution in [3.63, 3.8) is 0 Å². The number of benzene rings is 1. The van der Waals surface area contributed by atoms with Crippen molar-refractivity contribution >= 4 is 39.0 Å². The van der Waals surface area contributed by atoms with Crippen LogP contribution >= 0.6 is 11.3 Å². The number of amides is 1. The molecule has 3 rings (SSSR count). The van der Waals surface area contributed by atoms with Crippen LogP contribution in [0.2, 0.25) is 0 Å². The first-order valence-corrected chi connectivity index (χ1v) is 11.6. The minimum Gasteiger partial charge on any atom is -0.456 e. The van der Waals surface area contributed by atoms with Crippen LogP contribution in [0.15, 0.2) is 46.7 Å². The largest absolute Gasteiger partial charge is 0.456 e. The number of ether oxygens (including phenoxy) is 1. The van der Waals surface area contributed by atoms with Crippen molar-refractivity contribution in [2.75, 3.05) is 27.2 Å². The fourth-order valence-electron chi connectivity index (χ4n) is 3.14. The lowest BCUT2D eigenvalue weighted by Gasteiger charge is -2.22. The van der Waals surface area contributed by atoms with E-state index in [1.165, 1.54) is 54.6 Å². The third-order valence-corrected chi connectivity index (χ3v) is 7.51. The Labute approximate surface area is 179 Å². The van der Waals surface area contributed by atoms with E-state index in [1.807, 2.05) is 0 Å². The van der Waals surface area contributed by atoms with Gasteiger partial charge in [-0.25, -0.2) is 17.5 Å². The predicted octanol–water partition coefficient (Wildman–Crippen LogP) is 2.03. The molecule has 2 aromatic rings. The molecule has 0 aliphatic carbocycles. The predicted molar refractivity (Wildman–Crippen MR) is 111 cm³/mol. The average Bonchev–Trinajstić information content (AvgIpc) is 3.43. The van der Waals surface area contributed by atoms with Crippen molar-refractivity contribution in [2.45, 2.75) is 23.8 Å². The van der Waals surface area contributed by atoms with E-state index in [1.54, 1.807) is 17.5 Å². The van der Waals surface area contributed by atoms with Crippen LogP contribution in [0.4, 0.5) is 0 Å². The Bertz CT molecular complexity index is 1030. The summed E-state index contributed by atoms with van der Waals surface area (Å²) in [6.45, 7) is -0.0115. The number of ketones is 1. The number of esters is 1. The molecule has 1 atom stereocenters. The third-order valence-electron chi connectivity index (χ3n) is 4.82. The molecule has 8 nitrogen and oxygen atoms in total. The molecule has 0 bridgehead atoms. The monoisotopic (exact) mass is 450 g/mol. The Morgan fingerprint density at radius 3 is 2.47 bits per heavy atom. The molecule has 1 aromatic carbocycles. The maximum Gasteiger partial charge on any atom is 0.329 e. The van der Waals surface area contributed by atoms with Gasteiger partial charge in [-0.1, -0.05) is 6.07 Å². The number of hydrogen-bond donors (Lipinski definition) is 0. The van der Waals surface area contributed by atoms with E-state index < -0.39 is 34.4 Å². The van der Waals surface area contributed by atoms with Gasteiger partial charge in [0.25, 0.3) is 5.91 Å². The number of Topliss-reactive ketones (excluding diaryl/α,β-unsaturated/α-hetero) is 1. The molecule has 1 aliphatic rings. The van der Waals surface area contributed by atoms with Crippen molar-refractivity contribution in [1.82, 2.24) is 9.21 Å². The molecule has 1 aliphatic heterocycles. The summed E-state index contributed by atoms with van der Waals surface area (Å²) in [6.07, 6.45) is 1.17. The number of rotatable bonds is 7. The summed E-state index contributed by atoms with van der Waals surface area (Å²) >= 11 is 1.31. The molecule has 1 aromatic heterocycles. The molecule has 0 radical (unpaired) electrons. The van der Waals surface area contributed by atoms with Gasteiger partial charge in [-0.05, 0) is 48.6 Å². The Morgan fingerprint density at radius 1 is 1.17 bits per heavy atom. The van der Waals surface area contributed by atoms with Gasteiger partial charge in [0.1, 0.15) is 6.04 Å². The lowest BCUT2D eigenvalue weighted by molar-refractivity contribution is -0.147. The standard InChI is InChI=1S/C20H22N2O6S2/c1-21(2)30(26,27)15-9-7-14(8-10-15)17(23)13-28-20(25)16-5-3-11-22(16)19(24)18-6-4-12-29-18/h4,6-10,12,16H,3,5,11,13H2,1-2H3/t16-/m1/s1. The van der Waals surface area contributed by atoms with E-state index in [2.05, 4.69) is 0 Å². The number of carbonyl (C=O) groups is 3. The number of thiophene rings is 1. The second-order valence-corrected chi connectivity index (χ2v) is 10.1. The molecule has 30 heavy (non-hydrogen) atoms. The van der Waals surface area contributed by atoms with Crippen LogP contribution in [0.1, 0.15) is 32.9 Å². The lowest BCUT2D eigenvalue weighted by Crippen LogP contribution is -2.41. The number of carbonyl (C=O) groups excluding carboxylic acids is 3. The van der Waals surface area contributed by atoms with Crippen LogP contribution in [0.5, 0.6) is 0 Å². The summed E-state index contributed by atoms with van der Waals surface area (Å²) in [5.74, 6) is -1.28. The highest BCUT2D eigenvalue weighted by Gasteiger charge is 2.36. The van der Waals surface area contributed by atoms with Crippen molar-refractivity contribution < 1.29 is 27.5 Å². The minimum atomic E-state index is -3.59. The first-order chi connectivity index (χ1) is 14.2. The SMILES string of the molecule is CN(C)S(=O)(=O)c1ccc(C(=O)COC(=O)[C@H]2CCCN2C(=O)c2cccs2)cc1. The molecule has 0 unspecified atom stereocenters. The Hall–Kier alpha value is -2.56. The van der Waals surface area contributed by atoms with Crippen molar-refractivity contribution in [2.24, 2.45) is 0 Å². The topological polar surface area (TPSA) is 101 Å². The first kappa shape index (κ1) is 22.1. The van der Waals surface area contributed by atoms with Crippen LogP contribution < -0.4 is 0 Å². The quantitative estimate of drug-likeness (QED) is 0.473. The van der Waals surface area contributed by atoms with E-state index in [-0.39, 0.29) is 16.4 Å². The van der Waals surface area contributed by atoms with Crippen molar-refractivity contribution in [3.05, 3.63) is 52.2 Å². The molecule has 0 spiro atoms. The number of nitrogens with zero attached hydrogens (tertiary/aromatic N) is 2. The fraction of sp³-hybridized carbons (Fsp3) is 0.350. The molecule has 0 saturated carbocycles. The van der Waals surface area contributed by atoms with Gasteiger partial charge in [0.15, 0.2) is 12.4 Å². The first-order valence-electron chi connectivity index (χ1n) is 9.28. The summed E-state index contributed by atoms with van der Waals surface area (Å²) in [7, 11) is -0.749. The van der Waals surface area contributed by atoms with E-state index in [4.69, 9.17) is 4.74 Å².